The van der Waals surface area contributed by atoms with E-state index in [-0.39, 0.29) is 5.38 Å². The Bertz CT molecular complexity index is 604. The molecule has 1 unspecified atom stereocenters. The number of nitrogens with zero attached hydrogens (tertiary/aromatic N) is 1. The molecule has 0 N–H and O–H groups in total. The summed E-state index contributed by atoms with van der Waals surface area (Å²) in [4.78, 5) is 4.39. The maximum absolute atomic E-state index is 12.5. The number of hydrogen-bond acceptors (Lipinski definition) is 1. The minimum atomic E-state index is -4.32. The molecule has 106 valence electrons. The first-order valence-electron chi connectivity index (χ1n) is 6.08. The van der Waals surface area contributed by atoms with Crippen LogP contribution in [0.25, 0.3) is 11.3 Å². The molecule has 0 aliphatic rings. The third-order valence-electron chi connectivity index (χ3n) is 3.06. The molecule has 0 amide bonds. The molecule has 0 fully saturated rings. The van der Waals surface area contributed by atoms with Gasteiger partial charge in [-0.15, -0.1) is 11.6 Å². The van der Waals surface area contributed by atoms with Gasteiger partial charge in [0.15, 0.2) is 0 Å². The van der Waals surface area contributed by atoms with Crippen LogP contribution in [0.5, 0.6) is 0 Å². The molecule has 2 aromatic rings. The Kier molecular flexibility index (Phi) is 4.04. The maximum Gasteiger partial charge on any atom is 0.416 e. The molecule has 20 heavy (non-hydrogen) atoms. The van der Waals surface area contributed by atoms with Crippen molar-refractivity contribution in [3.63, 3.8) is 0 Å². The summed E-state index contributed by atoms with van der Waals surface area (Å²) in [6.45, 7) is 3.69. The summed E-state index contributed by atoms with van der Waals surface area (Å²) in [6.07, 6.45) is -4.32. The van der Waals surface area contributed by atoms with Crippen LogP contribution in [0.3, 0.4) is 0 Å². The molecule has 0 aliphatic carbocycles. The summed E-state index contributed by atoms with van der Waals surface area (Å²) in [5, 5.41) is -0.149. The Morgan fingerprint density at radius 1 is 1.05 bits per heavy atom. The molecule has 1 nitrogen and oxygen atoms in total. The Balaban J connectivity index is 2.35. The van der Waals surface area contributed by atoms with Gasteiger partial charge < -0.3 is 0 Å². The molecule has 5 heteroatoms. The fourth-order valence-electron chi connectivity index (χ4n) is 1.98. The van der Waals surface area contributed by atoms with Gasteiger partial charge in [-0.05, 0) is 37.6 Å². The Hall–Kier alpha value is -1.55. The third-order valence-corrected chi connectivity index (χ3v) is 3.30. The maximum atomic E-state index is 12.5. The number of alkyl halides is 4. The van der Waals surface area contributed by atoms with Gasteiger partial charge in [0.05, 0.1) is 16.6 Å². The Labute approximate surface area is 120 Å². The zero-order valence-corrected chi connectivity index (χ0v) is 11.8. The standard InChI is InChI=1S/C15H13ClF3N/c1-9(16)13-7-8-14(20-10(13)2)11-3-5-12(6-4-11)15(17,18)19/h3-9H,1-2H3. The molecule has 2 rings (SSSR count). The van der Waals surface area contributed by atoms with Crippen LogP contribution in [-0.2, 0) is 6.18 Å². The molecular formula is C15H13ClF3N. The van der Waals surface area contributed by atoms with E-state index in [1.807, 2.05) is 19.9 Å². The number of benzene rings is 1. The number of aromatic nitrogens is 1. The van der Waals surface area contributed by atoms with Gasteiger partial charge in [0.2, 0.25) is 0 Å². The lowest BCUT2D eigenvalue weighted by Crippen LogP contribution is -2.04. The number of halogens is 4. The molecule has 1 aromatic carbocycles. The van der Waals surface area contributed by atoms with Crippen LogP contribution in [-0.4, -0.2) is 4.98 Å². The summed E-state index contributed by atoms with van der Waals surface area (Å²) in [5.74, 6) is 0. The zero-order chi connectivity index (χ0) is 14.9. The summed E-state index contributed by atoms with van der Waals surface area (Å²) in [6, 6.07) is 8.59. The first-order chi connectivity index (χ1) is 9.29. The second kappa shape index (κ2) is 5.44. The van der Waals surface area contributed by atoms with E-state index in [0.717, 1.165) is 23.4 Å². The lowest BCUT2D eigenvalue weighted by Gasteiger charge is -2.10. The Morgan fingerprint density at radius 2 is 1.65 bits per heavy atom. The van der Waals surface area contributed by atoms with E-state index < -0.39 is 11.7 Å². The normalized spacial score (nSPS) is 13.3. The van der Waals surface area contributed by atoms with E-state index in [1.165, 1.54) is 12.1 Å². The van der Waals surface area contributed by atoms with Gasteiger partial charge in [0, 0.05) is 11.3 Å². The molecule has 1 atom stereocenters. The van der Waals surface area contributed by atoms with Crippen molar-refractivity contribution in [3.8, 4) is 11.3 Å². The van der Waals surface area contributed by atoms with Gasteiger partial charge in [0.25, 0.3) is 0 Å². The molecule has 0 spiro atoms. The highest BCUT2D eigenvalue weighted by molar-refractivity contribution is 6.20. The molecule has 0 aliphatic heterocycles. The van der Waals surface area contributed by atoms with Crippen molar-refractivity contribution in [1.29, 1.82) is 0 Å². The summed E-state index contributed by atoms with van der Waals surface area (Å²) < 4.78 is 37.5. The highest BCUT2D eigenvalue weighted by Crippen LogP contribution is 2.31. The van der Waals surface area contributed by atoms with Gasteiger partial charge in [-0.25, -0.2) is 0 Å². The summed E-state index contributed by atoms with van der Waals surface area (Å²) in [7, 11) is 0. The number of rotatable bonds is 2. The molecule has 1 heterocycles. The summed E-state index contributed by atoms with van der Waals surface area (Å²) >= 11 is 6.01. The van der Waals surface area contributed by atoms with Crippen LogP contribution < -0.4 is 0 Å². The first-order valence-corrected chi connectivity index (χ1v) is 6.52. The van der Waals surface area contributed by atoms with E-state index in [2.05, 4.69) is 4.98 Å². The smallest absolute Gasteiger partial charge is 0.253 e. The minimum Gasteiger partial charge on any atom is -0.253 e. The van der Waals surface area contributed by atoms with Crippen LogP contribution >= 0.6 is 11.6 Å². The van der Waals surface area contributed by atoms with E-state index in [4.69, 9.17) is 11.6 Å². The Morgan fingerprint density at radius 3 is 2.10 bits per heavy atom. The average molecular weight is 300 g/mol. The van der Waals surface area contributed by atoms with Crippen LogP contribution in [0.4, 0.5) is 13.2 Å². The van der Waals surface area contributed by atoms with Gasteiger partial charge >= 0.3 is 6.18 Å². The SMILES string of the molecule is Cc1nc(-c2ccc(C(F)(F)F)cc2)ccc1C(C)Cl. The fraction of sp³-hybridized carbons (Fsp3) is 0.267. The van der Waals surface area contributed by atoms with E-state index in [1.54, 1.807) is 6.07 Å². The second-order valence-corrected chi connectivity index (χ2v) is 5.22. The molecule has 0 bridgehead atoms. The van der Waals surface area contributed by atoms with E-state index in [9.17, 15) is 13.2 Å². The van der Waals surface area contributed by atoms with Crippen LogP contribution in [0, 0.1) is 6.92 Å². The van der Waals surface area contributed by atoms with Crippen molar-refractivity contribution in [2.45, 2.75) is 25.4 Å². The van der Waals surface area contributed by atoms with Crippen molar-refractivity contribution in [2.75, 3.05) is 0 Å². The fourth-order valence-corrected chi connectivity index (χ4v) is 2.21. The number of hydrogen-bond donors (Lipinski definition) is 0. The van der Waals surface area contributed by atoms with Gasteiger partial charge in [-0.1, -0.05) is 18.2 Å². The quantitative estimate of drug-likeness (QED) is 0.679. The molecule has 0 radical (unpaired) electrons. The zero-order valence-electron chi connectivity index (χ0n) is 11.0. The highest BCUT2D eigenvalue weighted by Gasteiger charge is 2.30. The second-order valence-electron chi connectivity index (χ2n) is 4.56. The van der Waals surface area contributed by atoms with Crippen LogP contribution in [0.2, 0.25) is 0 Å². The monoisotopic (exact) mass is 299 g/mol. The van der Waals surface area contributed by atoms with Crippen LogP contribution in [0.15, 0.2) is 36.4 Å². The van der Waals surface area contributed by atoms with Gasteiger partial charge in [-0.3, -0.25) is 4.98 Å². The van der Waals surface area contributed by atoms with Crippen LogP contribution in [0.1, 0.15) is 29.1 Å². The first kappa shape index (κ1) is 14.9. The third kappa shape index (κ3) is 3.12. The number of pyridine rings is 1. The van der Waals surface area contributed by atoms with Gasteiger partial charge in [-0.2, -0.15) is 13.2 Å². The predicted octanol–water partition coefficient (Wildman–Crippen LogP) is 5.38. The molecular weight excluding hydrogens is 287 g/mol. The summed E-state index contributed by atoms with van der Waals surface area (Å²) in [5.41, 5.74) is 2.32. The topological polar surface area (TPSA) is 12.9 Å². The van der Waals surface area contributed by atoms with Crippen molar-refractivity contribution in [3.05, 3.63) is 53.2 Å². The lowest BCUT2D eigenvalue weighted by molar-refractivity contribution is -0.137. The molecule has 0 saturated heterocycles. The van der Waals surface area contributed by atoms with Crippen molar-refractivity contribution in [2.24, 2.45) is 0 Å². The van der Waals surface area contributed by atoms with E-state index in [0.29, 0.717) is 11.3 Å². The lowest BCUT2D eigenvalue weighted by atomic mass is 10.1. The average Bonchev–Trinajstić information content (AvgIpc) is 2.37. The van der Waals surface area contributed by atoms with Crippen molar-refractivity contribution in [1.82, 2.24) is 4.98 Å². The van der Waals surface area contributed by atoms with Crippen molar-refractivity contribution < 1.29 is 13.2 Å². The van der Waals surface area contributed by atoms with E-state index >= 15 is 0 Å². The highest BCUT2D eigenvalue weighted by atomic mass is 35.5. The van der Waals surface area contributed by atoms with Gasteiger partial charge in [0.1, 0.15) is 0 Å². The largest absolute Gasteiger partial charge is 0.416 e. The minimum absolute atomic E-state index is 0.149. The van der Waals surface area contributed by atoms with Crippen molar-refractivity contribution >= 4 is 11.6 Å². The number of aryl methyl sites for hydroxylation is 1. The molecule has 1 aromatic heterocycles. The predicted molar refractivity (Wildman–Crippen MR) is 73.7 cm³/mol. The molecule has 0 saturated carbocycles.